The van der Waals surface area contributed by atoms with Crippen LogP contribution in [0.15, 0.2) is 29.3 Å². The quantitative estimate of drug-likeness (QED) is 0.327. The lowest BCUT2D eigenvalue weighted by atomic mass is 9.85. The molecule has 3 fully saturated rings. The van der Waals surface area contributed by atoms with Crippen molar-refractivity contribution in [1.29, 1.82) is 0 Å². The zero-order valence-electron chi connectivity index (χ0n) is 18.2. The van der Waals surface area contributed by atoms with E-state index in [1.165, 1.54) is 6.07 Å². The van der Waals surface area contributed by atoms with Crippen LogP contribution in [0.1, 0.15) is 44.1 Å². The minimum Gasteiger partial charge on any atom is -0.356 e. The summed E-state index contributed by atoms with van der Waals surface area (Å²) in [5.41, 5.74) is 1.09. The number of thioether (sulfide) groups is 1. The van der Waals surface area contributed by atoms with Crippen molar-refractivity contribution in [2.24, 2.45) is 10.9 Å². The van der Waals surface area contributed by atoms with E-state index in [1.807, 2.05) is 17.8 Å². The van der Waals surface area contributed by atoms with Gasteiger partial charge in [0, 0.05) is 55.6 Å². The molecule has 2 N–H and O–H groups in total. The molecule has 1 aromatic rings. The lowest BCUT2D eigenvalue weighted by molar-refractivity contribution is -0.136. The van der Waals surface area contributed by atoms with Gasteiger partial charge in [-0.3, -0.25) is 9.79 Å². The molecule has 5 nitrogen and oxygen atoms in total. The fourth-order valence-corrected chi connectivity index (χ4v) is 5.61. The Bertz CT molecular complexity index is 775. The Morgan fingerprint density at radius 3 is 2.55 bits per heavy atom. The van der Waals surface area contributed by atoms with Crippen LogP contribution in [-0.2, 0) is 10.2 Å². The van der Waals surface area contributed by atoms with Crippen LogP contribution in [0, 0.1) is 11.7 Å². The Morgan fingerprint density at radius 1 is 1.23 bits per heavy atom. The Kier molecular flexibility index (Phi) is 8.90. The van der Waals surface area contributed by atoms with Crippen molar-refractivity contribution in [1.82, 2.24) is 15.5 Å². The fraction of sp³-hybridized carbons (Fsp3) is 0.652. The number of carbonyl (C=O) groups is 1. The fourth-order valence-electron chi connectivity index (χ4n) is 4.70. The normalized spacial score (nSPS) is 25.4. The summed E-state index contributed by atoms with van der Waals surface area (Å²) < 4.78 is 13.6. The molecular formula is C23H34FIN4OS. The number of guanidine groups is 1. The van der Waals surface area contributed by atoms with E-state index in [4.69, 9.17) is 0 Å². The van der Waals surface area contributed by atoms with Gasteiger partial charge in [-0.05, 0) is 56.2 Å². The monoisotopic (exact) mass is 560 g/mol. The van der Waals surface area contributed by atoms with Crippen LogP contribution in [-0.4, -0.2) is 61.0 Å². The molecule has 0 bridgehead atoms. The molecule has 0 aromatic heterocycles. The standard InChI is InChI=1S/C23H33FN4OS.HI/c1-25-22(26-16-23(9-10-23)18-3-2-4-19(24)15-18)27-20-7-5-17(6-8-20)21(29)28-11-13-30-14-12-28;/h2-4,15,17,20H,5-14,16H2,1H3,(H2,25,26,27);1H. The van der Waals surface area contributed by atoms with E-state index < -0.39 is 0 Å². The number of aliphatic imine (C=N–C) groups is 1. The van der Waals surface area contributed by atoms with Crippen molar-refractivity contribution in [2.75, 3.05) is 38.2 Å². The van der Waals surface area contributed by atoms with E-state index in [1.54, 1.807) is 19.2 Å². The molecule has 0 atom stereocenters. The van der Waals surface area contributed by atoms with E-state index in [-0.39, 0.29) is 41.1 Å². The third kappa shape index (κ3) is 6.27. The summed E-state index contributed by atoms with van der Waals surface area (Å²) in [5.74, 6) is 3.33. The zero-order valence-corrected chi connectivity index (χ0v) is 21.4. The molecule has 2 aliphatic carbocycles. The molecule has 2 saturated carbocycles. The summed E-state index contributed by atoms with van der Waals surface area (Å²) in [4.78, 5) is 19.2. The SMILES string of the molecule is CN=C(NCC1(c2cccc(F)c2)CC1)NC1CCC(C(=O)N2CCSCC2)CC1.I. The van der Waals surface area contributed by atoms with Crippen LogP contribution in [0.25, 0.3) is 0 Å². The summed E-state index contributed by atoms with van der Waals surface area (Å²) in [6, 6.07) is 7.32. The Morgan fingerprint density at radius 2 is 1.94 bits per heavy atom. The van der Waals surface area contributed by atoms with Gasteiger partial charge in [-0.15, -0.1) is 24.0 Å². The van der Waals surface area contributed by atoms with Gasteiger partial charge in [0.1, 0.15) is 5.82 Å². The number of rotatable bonds is 5. The van der Waals surface area contributed by atoms with Gasteiger partial charge in [-0.25, -0.2) is 4.39 Å². The summed E-state index contributed by atoms with van der Waals surface area (Å²) >= 11 is 1.94. The molecule has 31 heavy (non-hydrogen) atoms. The van der Waals surface area contributed by atoms with Gasteiger partial charge in [0.15, 0.2) is 5.96 Å². The molecule has 3 aliphatic rings. The van der Waals surface area contributed by atoms with Gasteiger partial charge < -0.3 is 15.5 Å². The maximum Gasteiger partial charge on any atom is 0.225 e. The third-order valence-corrected chi connectivity index (χ3v) is 7.79. The molecule has 1 amide bonds. The van der Waals surface area contributed by atoms with E-state index >= 15 is 0 Å². The van der Waals surface area contributed by atoms with E-state index in [0.717, 1.165) is 81.2 Å². The molecule has 1 aromatic carbocycles. The molecule has 1 heterocycles. The molecule has 0 unspecified atom stereocenters. The van der Waals surface area contributed by atoms with Crippen LogP contribution in [0.3, 0.4) is 0 Å². The van der Waals surface area contributed by atoms with Crippen molar-refractivity contribution in [3.63, 3.8) is 0 Å². The van der Waals surface area contributed by atoms with Crippen LogP contribution in [0.2, 0.25) is 0 Å². The molecule has 8 heteroatoms. The van der Waals surface area contributed by atoms with Gasteiger partial charge in [-0.1, -0.05) is 12.1 Å². The molecule has 172 valence electrons. The van der Waals surface area contributed by atoms with Gasteiger partial charge in [0.25, 0.3) is 0 Å². The van der Waals surface area contributed by atoms with Gasteiger partial charge in [-0.2, -0.15) is 11.8 Å². The first-order valence-corrected chi connectivity index (χ1v) is 12.3. The first-order valence-electron chi connectivity index (χ1n) is 11.2. The van der Waals surface area contributed by atoms with Crippen molar-refractivity contribution in [3.8, 4) is 0 Å². The number of halogens is 2. The number of nitrogens with zero attached hydrogens (tertiary/aromatic N) is 2. The molecule has 0 spiro atoms. The highest BCUT2D eigenvalue weighted by Gasteiger charge is 2.44. The minimum absolute atomic E-state index is 0. The molecule has 1 saturated heterocycles. The topological polar surface area (TPSA) is 56.7 Å². The number of carbonyl (C=O) groups excluding carboxylic acids is 1. The second-order valence-electron chi connectivity index (χ2n) is 8.85. The van der Waals surface area contributed by atoms with Gasteiger partial charge in [0.05, 0.1) is 0 Å². The Hall–Kier alpha value is -1.03. The smallest absolute Gasteiger partial charge is 0.225 e. The lowest BCUT2D eigenvalue weighted by Gasteiger charge is -2.34. The van der Waals surface area contributed by atoms with E-state index in [9.17, 15) is 9.18 Å². The second-order valence-corrected chi connectivity index (χ2v) is 10.1. The average molecular weight is 561 g/mol. The first kappa shape index (κ1) is 24.6. The highest BCUT2D eigenvalue weighted by Crippen LogP contribution is 2.47. The van der Waals surface area contributed by atoms with Crippen LogP contribution < -0.4 is 10.6 Å². The second kappa shape index (κ2) is 11.2. The zero-order chi connectivity index (χ0) is 21.0. The van der Waals surface area contributed by atoms with Crippen LogP contribution in [0.5, 0.6) is 0 Å². The largest absolute Gasteiger partial charge is 0.356 e. The van der Waals surface area contributed by atoms with Crippen molar-refractivity contribution in [3.05, 3.63) is 35.6 Å². The number of hydrogen-bond donors (Lipinski definition) is 2. The average Bonchev–Trinajstić information content (AvgIpc) is 3.58. The first-order chi connectivity index (χ1) is 14.6. The Labute approximate surface area is 206 Å². The molecule has 4 rings (SSSR count). The number of hydrogen-bond acceptors (Lipinski definition) is 3. The van der Waals surface area contributed by atoms with Crippen LogP contribution in [0.4, 0.5) is 4.39 Å². The summed E-state index contributed by atoms with van der Waals surface area (Å²) in [5, 5.41) is 7.01. The summed E-state index contributed by atoms with van der Waals surface area (Å²) in [7, 11) is 1.79. The summed E-state index contributed by atoms with van der Waals surface area (Å²) in [6.07, 6.45) is 6.03. The number of benzene rings is 1. The minimum atomic E-state index is -0.170. The van der Waals surface area contributed by atoms with Crippen molar-refractivity contribution in [2.45, 2.75) is 50.0 Å². The highest BCUT2D eigenvalue weighted by molar-refractivity contribution is 14.0. The predicted molar refractivity (Wildman–Crippen MR) is 137 cm³/mol. The lowest BCUT2D eigenvalue weighted by Crippen LogP contribution is -2.48. The van der Waals surface area contributed by atoms with E-state index in [2.05, 4.69) is 20.5 Å². The maximum atomic E-state index is 13.6. The van der Waals surface area contributed by atoms with Crippen LogP contribution >= 0.6 is 35.7 Å². The maximum absolute atomic E-state index is 13.6. The molecule has 1 aliphatic heterocycles. The van der Waals surface area contributed by atoms with Crippen molar-refractivity contribution >= 4 is 47.6 Å². The Balaban J connectivity index is 0.00000272. The number of amides is 1. The predicted octanol–water partition coefficient (Wildman–Crippen LogP) is 3.77. The van der Waals surface area contributed by atoms with Gasteiger partial charge >= 0.3 is 0 Å². The number of nitrogens with one attached hydrogen (secondary N) is 2. The molecular weight excluding hydrogens is 526 g/mol. The summed E-state index contributed by atoms with van der Waals surface area (Å²) in [6.45, 7) is 2.58. The third-order valence-electron chi connectivity index (χ3n) is 6.85. The molecule has 0 radical (unpaired) electrons. The van der Waals surface area contributed by atoms with Crippen molar-refractivity contribution < 1.29 is 9.18 Å². The van der Waals surface area contributed by atoms with E-state index in [0.29, 0.717) is 11.9 Å². The van der Waals surface area contributed by atoms with Gasteiger partial charge in [0.2, 0.25) is 5.91 Å². The highest BCUT2D eigenvalue weighted by atomic mass is 127.